The molecule has 1 aromatic carbocycles. The fourth-order valence-electron chi connectivity index (χ4n) is 4.48. The Labute approximate surface area is 202 Å². The molecule has 188 valence electrons. The number of hydrogen-bond donors (Lipinski definition) is 1. The van der Waals surface area contributed by atoms with Gasteiger partial charge in [0, 0.05) is 44.0 Å². The van der Waals surface area contributed by atoms with E-state index in [0.717, 1.165) is 12.5 Å². The number of benzene rings is 1. The Morgan fingerprint density at radius 2 is 1.86 bits per heavy atom. The highest BCUT2D eigenvalue weighted by molar-refractivity contribution is 7.83. The summed E-state index contributed by atoms with van der Waals surface area (Å²) < 4.78 is 60.9. The lowest BCUT2D eigenvalue weighted by atomic mass is 10.00. The molecule has 1 N–H and O–H groups in total. The number of rotatable bonds is 4. The van der Waals surface area contributed by atoms with Gasteiger partial charge in [-0.1, -0.05) is 0 Å². The zero-order valence-electron chi connectivity index (χ0n) is 19.2. The summed E-state index contributed by atoms with van der Waals surface area (Å²) >= 11 is 0. The lowest BCUT2D eigenvalue weighted by molar-refractivity contribution is -0.137. The van der Waals surface area contributed by atoms with E-state index in [2.05, 4.69) is 15.1 Å². The van der Waals surface area contributed by atoms with Crippen LogP contribution < -0.4 is 4.90 Å². The number of nitrogens with zero attached hydrogens (tertiary/aromatic N) is 6. The second-order valence-electron chi connectivity index (χ2n) is 8.77. The number of alkyl halides is 3. The zero-order chi connectivity index (χ0) is 24.9. The van der Waals surface area contributed by atoms with Gasteiger partial charge >= 0.3 is 6.18 Å². The molecular weight excluding hydrogens is 485 g/mol. The van der Waals surface area contributed by atoms with Gasteiger partial charge in [0.15, 0.2) is 0 Å². The van der Waals surface area contributed by atoms with E-state index in [9.17, 15) is 22.5 Å². The smallest absolute Gasteiger partial charge is 0.416 e. The van der Waals surface area contributed by atoms with Crippen LogP contribution in [-0.4, -0.2) is 77.8 Å². The van der Waals surface area contributed by atoms with Crippen molar-refractivity contribution in [1.29, 1.82) is 0 Å². The van der Waals surface area contributed by atoms with Crippen LogP contribution in [0.3, 0.4) is 0 Å². The van der Waals surface area contributed by atoms with Crippen molar-refractivity contribution in [3.05, 3.63) is 35.0 Å². The Hall–Kier alpha value is -2.77. The molecule has 0 radical (unpaired) electrons. The number of fused-ring (bicyclic) bond motifs is 1. The highest BCUT2D eigenvalue weighted by Gasteiger charge is 2.33. The number of hydrogen-bond acceptors (Lipinski definition) is 7. The maximum absolute atomic E-state index is 13.1. The maximum Gasteiger partial charge on any atom is 0.416 e. The third-order valence-corrected chi connectivity index (χ3v) is 8.14. The van der Waals surface area contributed by atoms with Crippen molar-refractivity contribution in [1.82, 2.24) is 23.9 Å². The van der Waals surface area contributed by atoms with Gasteiger partial charge in [0.05, 0.1) is 34.1 Å². The van der Waals surface area contributed by atoms with Crippen molar-refractivity contribution in [3.8, 4) is 17.0 Å². The molecule has 2 saturated heterocycles. The fourth-order valence-corrected chi connectivity index (χ4v) is 5.93. The van der Waals surface area contributed by atoms with Crippen LogP contribution in [0, 0.1) is 13.8 Å². The number of piperazine rings is 1. The first kappa shape index (κ1) is 23.9. The summed E-state index contributed by atoms with van der Waals surface area (Å²) in [5, 5.41) is 15.0. The molecule has 3 aromatic rings. The summed E-state index contributed by atoms with van der Waals surface area (Å²) in [4.78, 5) is 11.0. The van der Waals surface area contributed by atoms with Crippen LogP contribution in [0.2, 0.25) is 0 Å². The third-order valence-electron chi connectivity index (χ3n) is 6.33. The standard InChI is InChI=1S/C22H25F3N6O3S/c1-13-9-15(22(23,24)25)11-18(32)19(13)17-10-14(2)31-20(26-17)27-21(28-31)29-4-6-30(7-5-29)35(33)16-3-8-34-12-16/h9-11,16,32H,3-8,12H2,1-2H3. The molecule has 0 spiro atoms. The quantitative estimate of drug-likeness (QED) is 0.577. The number of aryl methyl sites for hydroxylation is 2. The lowest BCUT2D eigenvalue weighted by Crippen LogP contribution is -2.49. The Bertz CT molecular complexity index is 1260. The number of anilines is 1. The van der Waals surface area contributed by atoms with Gasteiger partial charge in [-0.2, -0.15) is 22.7 Å². The highest BCUT2D eigenvalue weighted by Crippen LogP contribution is 2.38. The van der Waals surface area contributed by atoms with Gasteiger partial charge in [-0.3, -0.25) is 0 Å². The molecule has 2 aromatic heterocycles. The van der Waals surface area contributed by atoms with Gasteiger partial charge in [0.2, 0.25) is 5.95 Å². The summed E-state index contributed by atoms with van der Waals surface area (Å²) in [6, 6.07) is 3.36. The molecule has 2 fully saturated rings. The van der Waals surface area contributed by atoms with Crippen molar-refractivity contribution < 1.29 is 27.2 Å². The molecule has 0 aliphatic carbocycles. The van der Waals surface area contributed by atoms with E-state index in [4.69, 9.17) is 4.74 Å². The average molecular weight is 511 g/mol. The molecule has 13 heteroatoms. The van der Waals surface area contributed by atoms with Crippen LogP contribution in [0.4, 0.5) is 19.1 Å². The number of ether oxygens (including phenoxy) is 1. The van der Waals surface area contributed by atoms with Gasteiger partial charge in [-0.15, -0.1) is 5.10 Å². The largest absolute Gasteiger partial charge is 0.507 e. The van der Waals surface area contributed by atoms with E-state index in [1.54, 1.807) is 17.5 Å². The van der Waals surface area contributed by atoms with Crippen LogP contribution in [0.1, 0.15) is 23.2 Å². The topological polar surface area (TPSA) is 96.1 Å². The number of halogens is 3. The maximum atomic E-state index is 13.1. The molecule has 0 saturated carbocycles. The van der Waals surface area contributed by atoms with Crippen LogP contribution in [0.15, 0.2) is 18.2 Å². The molecule has 2 aliphatic rings. The summed E-state index contributed by atoms with van der Waals surface area (Å²) in [7, 11) is -1.08. The SMILES string of the molecule is Cc1cc(C(F)(F)F)cc(O)c1-c1cc(C)n2nc(N3CCN(S(=O)C4CCOC4)CC3)nc2n1. The first-order valence-electron chi connectivity index (χ1n) is 11.3. The normalized spacial score (nSPS) is 20.6. The number of aromatic nitrogens is 4. The Morgan fingerprint density at radius 1 is 1.11 bits per heavy atom. The molecule has 2 atom stereocenters. The van der Waals surface area contributed by atoms with E-state index in [1.807, 2.05) is 9.21 Å². The highest BCUT2D eigenvalue weighted by atomic mass is 32.2. The first-order chi connectivity index (χ1) is 16.6. The Kier molecular flexibility index (Phi) is 6.18. The Morgan fingerprint density at radius 3 is 2.49 bits per heavy atom. The number of phenols is 1. The molecule has 0 bridgehead atoms. The molecule has 0 amide bonds. The molecule has 4 heterocycles. The molecular formula is C22H25F3N6O3S. The first-order valence-corrected chi connectivity index (χ1v) is 12.4. The molecule has 35 heavy (non-hydrogen) atoms. The van der Waals surface area contributed by atoms with Crippen LogP contribution in [0.25, 0.3) is 17.0 Å². The van der Waals surface area contributed by atoms with Crippen molar-refractivity contribution in [2.24, 2.45) is 0 Å². The van der Waals surface area contributed by atoms with Crippen LogP contribution >= 0.6 is 0 Å². The summed E-state index contributed by atoms with van der Waals surface area (Å²) in [5.74, 6) is 0.258. The van der Waals surface area contributed by atoms with Gasteiger partial charge in [0.25, 0.3) is 5.78 Å². The third kappa shape index (κ3) is 4.59. The Balaban J connectivity index is 1.39. The monoisotopic (exact) mass is 510 g/mol. The van der Waals surface area contributed by atoms with E-state index in [-0.39, 0.29) is 22.2 Å². The predicted octanol–water partition coefficient (Wildman–Crippen LogP) is 2.71. The van der Waals surface area contributed by atoms with Crippen LogP contribution in [-0.2, 0) is 21.9 Å². The van der Waals surface area contributed by atoms with Gasteiger partial charge in [0.1, 0.15) is 5.75 Å². The number of phenolic OH excluding ortho intramolecular Hbond substituents is 1. The van der Waals surface area contributed by atoms with E-state index in [1.165, 1.54) is 6.92 Å². The second-order valence-corrected chi connectivity index (χ2v) is 10.5. The second kappa shape index (κ2) is 9.03. The predicted molar refractivity (Wildman–Crippen MR) is 124 cm³/mol. The number of aromatic hydroxyl groups is 1. The fraction of sp³-hybridized carbons (Fsp3) is 0.500. The lowest BCUT2D eigenvalue weighted by Gasteiger charge is -2.34. The minimum atomic E-state index is -4.56. The zero-order valence-corrected chi connectivity index (χ0v) is 20.1. The molecule has 2 unspecified atom stereocenters. The van der Waals surface area contributed by atoms with Crippen molar-refractivity contribution >= 4 is 22.7 Å². The molecule has 2 aliphatic heterocycles. The van der Waals surface area contributed by atoms with E-state index < -0.39 is 28.5 Å². The van der Waals surface area contributed by atoms with Crippen molar-refractivity contribution in [2.75, 3.05) is 44.3 Å². The van der Waals surface area contributed by atoms with E-state index >= 15 is 0 Å². The van der Waals surface area contributed by atoms with Crippen molar-refractivity contribution in [3.63, 3.8) is 0 Å². The summed E-state index contributed by atoms with van der Waals surface area (Å²) in [6.45, 7) is 6.88. The summed E-state index contributed by atoms with van der Waals surface area (Å²) in [5.41, 5.74) is 0.546. The van der Waals surface area contributed by atoms with Gasteiger partial charge in [-0.25, -0.2) is 13.5 Å². The summed E-state index contributed by atoms with van der Waals surface area (Å²) in [6.07, 6.45) is -3.75. The van der Waals surface area contributed by atoms with Crippen molar-refractivity contribution in [2.45, 2.75) is 31.7 Å². The van der Waals surface area contributed by atoms with E-state index in [0.29, 0.717) is 62.8 Å². The molecule has 5 rings (SSSR count). The van der Waals surface area contributed by atoms with Crippen LogP contribution in [0.5, 0.6) is 5.75 Å². The minimum absolute atomic E-state index is 0.0465. The van der Waals surface area contributed by atoms with Gasteiger partial charge in [-0.05, 0) is 44.0 Å². The minimum Gasteiger partial charge on any atom is -0.507 e. The average Bonchev–Trinajstić information content (AvgIpc) is 3.48. The molecule has 9 nitrogen and oxygen atoms in total. The van der Waals surface area contributed by atoms with Gasteiger partial charge < -0.3 is 14.7 Å².